The van der Waals surface area contributed by atoms with Gasteiger partial charge in [0, 0.05) is 25.9 Å². The minimum absolute atomic E-state index is 0.152. The number of pyridine rings is 1. The largest absolute Gasteiger partial charge is 0.480 e. The number of likely N-dealkylation sites (N-methyl/N-ethyl adjacent to an activating group) is 1. The molecule has 0 radical (unpaired) electrons. The third kappa shape index (κ3) is 3.84. The number of carbonyl (C=O) groups excluding carboxylic acids is 1. The van der Waals surface area contributed by atoms with Gasteiger partial charge in [0.25, 0.3) is 0 Å². The van der Waals surface area contributed by atoms with Crippen molar-refractivity contribution < 1.29 is 14.7 Å². The van der Waals surface area contributed by atoms with Crippen molar-refractivity contribution in [3.63, 3.8) is 0 Å². The van der Waals surface area contributed by atoms with Gasteiger partial charge < -0.3 is 10.0 Å². The van der Waals surface area contributed by atoms with Crippen LogP contribution in [0.3, 0.4) is 0 Å². The smallest absolute Gasteiger partial charge is 0.326 e. The van der Waals surface area contributed by atoms with E-state index in [-0.39, 0.29) is 5.91 Å². The highest BCUT2D eigenvalue weighted by molar-refractivity contribution is 5.83. The molecule has 0 saturated heterocycles. The summed E-state index contributed by atoms with van der Waals surface area (Å²) in [5.74, 6) is -1.11. The Morgan fingerprint density at radius 3 is 2.50 bits per heavy atom. The van der Waals surface area contributed by atoms with Crippen LogP contribution in [-0.4, -0.2) is 40.0 Å². The van der Waals surface area contributed by atoms with Crippen LogP contribution in [0.4, 0.5) is 0 Å². The van der Waals surface area contributed by atoms with Crippen molar-refractivity contribution >= 4 is 11.9 Å². The van der Waals surface area contributed by atoms with Gasteiger partial charge in [0.1, 0.15) is 6.04 Å². The second-order valence-corrected chi connectivity index (χ2v) is 4.12. The molecule has 1 aromatic heterocycles. The van der Waals surface area contributed by atoms with Gasteiger partial charge in [-0.3, -0.25) is 9.78 Å². The summed E-state index contributed by atoms with van der Waals surface area (Å²) in [5, 5.41) is 8.98. The zero-order chi connectivity index (χ0) is 13.5. The molecule has 1 unspecified atom stereocenters. The number of nitrogens with zero attached hydrogens (tertiary/aromatic N) is 2. The van der Waals surface area contributed by atoms with Crippen molar-refractivity contribution in [3.05, 3.63) is 30.1 Å². The number of amides is 1. The van der Waals surface area contributed by atoms with Crippen molar-refractivity contribution in [1.82, 2.24) is 9.88 Å². The average Bonchev–Trinajstić information content (AvgIpc) is 2.37. The molecule has 0 spiro atoms. The molecule has 98 valence electrons. The molecule has 1 aromatic rings. The fourth-order valence-electron chi connectivity index (χ4n) is 1.77. The van der Waals surface area contributed by atoms with E-state index in [4.69, 9.17) is 5.11 Å². The zero-order valence-electron chi connectivity index (χ0n) is 10.7. The first kappa shape index (κ1) is 14.2. The Labute approximate surface area is 106 Å². The molecule has 1 atom stereocenters. The summed E-state index contributed by atoms with van der Waals surface area (Å²) in [6.07, 6.45) is 4.67. The molecule has 1 N–H and O–H groups in total. The molecular weight excluding hydrogens is 232 g/mol. The normalized spacial score (nSPS) is 11.9. The fourth-order valence-corrected chi connectivity index (χ4v) is 1.77. The molecule has 0 fully saturated rings. The van der Waals surface area contributed by atoms with E-state index in [1.54, 1.807) is 19.3 Å². The second-order valence-electron chi connectivity index (χ2n) is 4.12. The van der Waals surface area contributed by atoms with E-state index in [1.165, 1.54) is 11.9 Å². The van der Waals surface area contributed by atoms with Gasteiger partial charge in [-0.25, -0.2) is 4.79 Å². The van der Waals surface area contributed by atoms with E-state index in [0.717, 1.165) is 5.56 Å². The molecule has 0 aromatic carbocycles. The van der Waals surface area contributed by atoms with E-state index in [2.05, 4.69) is 4.98 Å². The van der Waals surface area contributed by atoms with E-state index in [0.29, 0.717) is 19.3 Å². The van der Waals surface area contributed by atoms with Gasteiger partial charge >= 0.3 is 5.97 Å². The summed E-state index contributed by atoms with van der Waals surface area (Å²) < 4.78 is 0. The summed E-state index contributed by atoms with van der Waals surface area (Å²) in [6.45, 7) is 1.76. The molecule has 1 amide bonds. The Balaban J connectivity index is 2.52. The summed E-state index contributed by atoms with van der Waals surface area (Å²) in [6, 6.07) is 2.96. The first-order valence-electron chi connectivity index (χ1n) is 5.93. The van der Waals surface area contributed by atoms with Crippen LogP contribution in [-0.2, 0) is 16.0 Å². The number of aryl methyl sites for hydroxylation is 1. The van der Waals surface area contributed by atoms with Crippen molar-refractivity contribution in [2.24, 2.45) is 0 Å². The second kappa shape index (κ2) is 6.74. The molecule has 5 heteroatoms. The van der Waals surface area contributed by atoms with Crippen LogP contribution in [0.5, 0.6) is 0 Å². The summed E-state index contributed by atoms with van der Waals surface area (Å²) in [4.78, 5) is 28.0. The molecule has 1 rings (SSSR count). The molecule has 0 aliphatic rings. The first-order chi connectivity index (χ1) is 8.56. The highest BCUT2D eigenvalue weighted by Gasteiger charge is 2.24. The van der Waals surface area contributed by atoms with Gasteiger partial charge in [0.2, 0.25) is 5.91 Å². The molecule has 0 aliphatic carbocycles. The number of aromatic nitrogens is 1. The molecule has 0 aliphatic heterocycles. The number of carboxylic acids is 1. The quantitative estimate of drug-likeness (QED) is 0.827. The number of carbonyl (C=O) groups is 2. The maximum atomic E-state index is 11.9. The predicted molar refractivity (Wildman–Crippen MR) is 67.0 cm³/mol. The van der Waals surface area contributed by atoms with Crippen LogP contribution in [0.15, 0.2) is 24.5 Å². The van der Waals surface area contributed by atoms with E-state index < -0.39 is 12.0 Å². The van der Waals surface area contributed by atoms with Gasteiger partial charge in [-0.05, 0) is 30.5 Å². The van der Waals surface area contributed by atoms with Crippen molar-refractivity contribution in [1.29, 1.82) is 0 Å². The summed E-state index contributed by atoms with van der Waals surface area (Å²) >= 11 is 0. The van der Waals surface area contributed by atoms with Crippen LogP contribution < -0.4 is 0 Å². The number of aliphatic carboxylic acids is 1. The number of rotatable bonds is 6. The third-order valence-electron chi connectivity index (χ3n) is 2.91. The van der Waals surface area contributed by atoms with E-state index >= 15 is 0 Å². The lowest BCUT2D eigenvalue weighted by Gasteiger charge is -2.23. The van der Waals surface area contributed by atoms with Gasteiger partial charge in [-0.1, -0.05) is 6.92 Å². The number of hydrogen-bond donors (Lipinski definition) is 1. The highest BCUT2D eigenvalue weighted by atomic mass is 16.4. The summed E-state index contributed by atoms with van der Waals surface area (Å²) in [5.41, 5.74) is 1.02. The van der Waals surface area contributed by atoms with Crippen LogP contribution in [0.2, 0.25) is 0 Å². The van der Waals surface area contributed by atoms with Crippen molar-refractivity contribution in [3.8, 4) is 0 Å². The minimum Gasteiger partial charge on any atom is -0.480 e. The van der Waals surface area contributed by atoms with Crippen molar-refractivity contribution in [2.45, 2.75) is 32.2 Å². The average molecular weight is 250 g/mol. The SMILES string of the molecule is CCC(C(=O)O)N(C)C(=O)CCc1ccncc1. The fraction of sp³-hybridized carbons (Fsp3) is 0.462. The Morgan fingerprint density at radius 1 is 1.39 bits per heavy atom. The topological polar surface area (TPSA) is 70.5 Å². The lowest BCUT2D eigenvalue weighted by atomic mass is 10.1. The van der Waals surface area contributed by atoms with Gasteiger partial charge in [-0.2, -0.15) is 0 Å². The zero-order valence-corrected chi connectivity index (χ0v) is 10.7. The lowest BCUT2D eigenvalue weighted by molar-refractivity contribution is -0.149. The monoisotopic (exact) mass is 250 g/mol. The molecule has 1 heterocycles. The predicted octanol–water partition coefficient (Wildman–Crippen LogP) is 1.34. The summed E-state index contributed by atoms with van der Waals surface area (Å²) in [7, 11) is 1.54. The maximum Gasteiger partial charge on any atom is 0.326 e. The van der Waals surface area contributed by atoms with Crippen LogP contribution >= 0.6 is 0 Å². The molecule has 18 heavy (non-hydrogen) atoms. The van der Waals surface area contributed by atoms with Gasteiger partial charge in [-0.15, -0.1) is 0 Å². The Kier molecular flexibility index (Phi) is 5.30. The van der Waals surface area contributed by atoms with Crippen LogP contribution in [0, 0.1) is 0 Å². The molecule has 0 bridgehead atoms. The van der Waals surface area contributed by atoms with Crippen LogP contribution in [0.1, 0.15) is 25.3 Å². The highest BCUT2D eigenvalue weighted by Crippen LogP contribution is 2.07. The van der Waals surface area contributed by atoms with Crippen LogP contribution in [0.25, 0.3) is 0 Å². The number of hydrogen-bond acceptors (Lipinski definition) is 3. The standard InChI is InChI=1S/C13H18N2O3/c1-3-11(13(17)18)15(2)12(16)5-4-10-6-8-14-9-7-10/h6-9,11H,3-5H2,1-2H3,(H,17,18). The Morgan fingerprint density at radius 2 is 2.00 bits per heavy atom. The van der Waals surface area contributed by atoms with Gasteiger partial charge in [0.15, 0.2) is 0 Å². The Bertz CT molecular complexity index is 406. The van der Waals surface area contributed by atoms with Crippen molar-refractivity contribution in [2.75, 3.05) is 7.05 Å². The van der Waals surface area contributed by atoms with E-state index in [9.17, 15) is 9.59 Å². The minimum atomic E-state index is -0.961. The molecular formula is C13H18N2O3. The van der Waals surface area contributed by atoms with E-state index in [1.807, 2.05) is 12.1 Å². The first-order valence-corrected chi connectivity index (χ1v) is 5.93. The third-order valence-corrected chi connectivity index (χ3v) is 2.91. The molecule has 5 nitrogen and oxygen atoms in total. The molecule has 0 saturated carbocycles. The lowest BCUT2D eigenvalue weighted by Crippen LogP contribution is -2.42. The van der Waals surface area contributed by atoms with Gasteiger partial charge in [0.05, 0.1) is 0 Å². The number of carboxylic acid groups (broad SMARTS) is 1. The maximum absolute atomic E-state index is 11.9. The Hall–Kier alpha value is -1.91.